The fourth-order valence-electron chi connectivity index (χ4n) is 2.31. The Labute approximate surface area is 107 Å². The highest BCUT2D eigenvalue weighted by molar-refractivity contribution is 5.91. The van der Waals surface area contributed by atoms with E-state index in [-0.39, 0.29) is 18.4 Å². The van der Waals surface area contributed by atoms with Crippen molar-refractivity contribution in [1.29, 1.82) is 0 Å². The second-order valence-electron chi connectivity index (χ2n) is 4.58. The van der Waals surface area contributed by atoms with E-state index in [2.05, 4.69) is 0 Å². The van der Waals surface area contributed by atoms with Gasteiger partial charge < -0.3 is 10.8 Å². The molecule has 0 aliphatic heterocycles. The van der Waals surface area contributed by atoms with Gasteiger partial charge in [0.25, 0.3) is 0 Å². The number of hydrogen-bond acceptors (Lipinski definition) is 2. The first-order valence-electron chi connectivity index (χ1n) is 5.73. The predicted octanol–water partition coefficient (Wildman–Crippen LogP) is 3.38. The standard InChI is InChI=1S/C14H15NO.ClH/c15-14(9-5-6-9)12-7-8-13(16)11-4-2-1-3-10(11)12;/h1-4,7-9,14,16H,5-6,15H2;1H/t14-;/m0./s1. The molecule has 0 unspecified atom stereocenters. The second-order valence-corrected chi connectivity index (χ2v) is 4.58. The maximum Gasteiger partial charge on any atom is 0.123 e. The molecule has 2 aromatic rings. The average Bonchev–Trinajstić information content (AvgIpc) is 3.13. The van der Waals surface area contributed by atoms with Crippen LogP contribution < -0.4 is 5.73 Å². The summed E-state index contributed by atoms with van der Waals surface area (Å²) < 4.78 is 0. The molecule has 1 atom stereocenters. The van der Waals surface area contributed by atoms with E-state index in [4.69, 9.17) is 5.73 Å². The molecule has 2 nitrogen and oxygen atoms in total. The fourth-order valence-corrected chi connectivity index (χ4v) is 2.31. The zero-order valence-corrected chi connectivity index (χ0v) is 10.3. The molecule has 0 bridgehead atoms. The molecule has 0 saturated heterocycles. The maximum atomic E-state index is 9.79. The van der Waals surface area contributed by atoms with Crippen LogP contribution in [0.15, 0.2) is 36.4 Å². The lowest BCUT2D eigenvalue weighted by Crippen LogP contribution is -2.12. The number of rotatable bonds is 2. The number of fused-ring (bicyclic) bond motifs is 1. The third-order valence-electron chi connectivity index (χ3n) is 3.42. The molecule has 0 aromatic heterocycles. The number of phenols is 1. The van der Waals surface area contributed by atoms with Gasteiger partial charge in [-0.15, -0.1) is 12.4 Å². The van der Waals surface area contributed by atoms with Crippen LogP contribution in [0.4, 0.5) is 0 Å². The van der Waals surface area contributed by atoms with Crippen LogP contribution in [0.5, 0.6) is 5.75 Å². The molecule has 0 spiro atoms. The molecular formula is C14H16ClNO. The van der Waals surface area contributed by atoms with Gasteiger partial charge in [0.1, 0.15) is 5.75 Å². The Hall–Kier alpha value is -1.25. The maximum absolute atomic E-state index is 9.79. The van der Waals surface area contributed by atoms with E-state index in [0.29, 0.717) is 11.7 Å². The summed E-state index contributed by atoms with van der Waals surface area (Å²) in [6, 6.07) is 11.7. The summed E-state index contributed by atoms with van der Waals surface area (Å²) in [5.74, 6) is 0.968. The molecule has 0 heterocycles. The molecule has 3 rings (SSSR count). The van der Waals surface area contributed by atoms with Crippen LogP contribution in [-0.2, 0) is 0 Å². The minimum atomic E-state index is 0. The van der Waals surface area contributed by atoms with Crippen LogP contribution in [-0.4, -0.2) is 5.11 Å². The second kappa shape index (κ2) is 4.55. The lowest BCUT2D eigenvalue weighted by Gasteiger charge is -2.14. The Kier molecular flexibility index (Phi) is 3.27. The van der Waals surface area contributed by atoms with Gasteiger partial charge in [-0.1, -0.05) is 30.3 Å². The van der Waals surface area contributed by atoms with E-state index in [1.165, 1.54) is 12.8 Å². The van der Waals surface area contributed by atoms with Gasteiger partial charge in [-0.25, -0.2) is 0 Å². The molecule has 2 aromatic carbocycles. The van der Waals surface area contributed by atoms with Crippen LogP contribution in [0.1, 0.15) is 24.4 Å². The topological polar surface area (TPSA) is 46.2 Å². The van der Waals surface area contributed by atoms with Crippen LogP contribution in [0.25, 0.3) is 10.8 Å². The van der Waals surface area contributed by atoms with Gasteiger partial charge in [-0.3, -0.25) is 0 Å². The summed E-state index contributed by atoms with van der Waals surface area (Å²) in [5.41, 5.74) is 7.40. The van der Waals surface area contributed by atoms with Crippen molar-refractivity contribution in [2.24, 2.45) is 11.7 Å². The van der Waals surface area contributed by atoms with Crippen molar-refractivity contribution in [3.63, 3.8) is 0 Å². The van der Waals surface area contributed by atoms with E-state index < -0.39 is 0 Å². The Morgan fingerprint density at radius 1 is 1.06 bits per heavy atom. The highest BCUT2D eigenvalue weighted by Crippen LogP contribution is 2.42. The fraction of sp³-hybridized carbons (Fsp3) is 0.286. The van der Waals surface area contributed by atoms with Crippen LogP contribution >= 0.6 is 12.4 Å². The highest BCUT2D eigenvalue weighted by atomic mass is 35.5. The molecule has 90 valence electrons. The number of halogens is 1. The van der Waals surface area contributed by atoms with Crippen molar-refractivity contribution in [3.05, 3.63) is 42.0 Å². The molecule has 17 heavy (non-hydrogen) atoms. The summed E-state index contributed by atoms with van der Waals surface area (Å²) in [6.45, 7) is 0. The van der Waals surface area contributed by atoms with Gasteiger partial charge in [-0.05, 0) is 35.8 Å². The number of nitrogens with two attached hydrogens (primary N) is 1. The molecule has 1 aliphatic rings. The van der Waals surface area contributed by atoms with Crippen LogP contribution in [0.3, 0.4) is 0 Å². The molecular weight excluding hydrogens is 234 g/mol. The monoisotopic (exact) mass is 249 g/mol. The lowest BCUT2D eigenvalue weighted by molar-refractivity contribution is 0.481. The average molecular weight is 250 g/mol. The summed E-state index contributed by atoms with van der Waals surface area (Å²) in [5, 5.41) is 11.8. The third kappa shape index (κ3) is 2.11. The van der Waals surface area contributed by atoms with E-state index in [1.54, 1.807) is 6.07 Å². The van der Waals surface area contributed by atoms with Gasteiger partial charge in [0.15, 0.2) is 0 Å². The van der Waals surface area contributed by atoms with Gasteiger partial charge in [0.2, 0.25) is 0 Å². The summed E-state index contributed by atoms with van der Waals surface area (Å²) in [7, 11) is 0. The summed E-state index contributed by atoms with van der Waals surface area (Å²) >= 11 is 0. The van der Waals surface area contributed by atoms with Gasteiger partial charge in [0.05, 0.1) is 0 Å². The van der Waals surface area contributed by atoms with Gasteiger partial charge >= 0.3 is 0 Å². The lowest BCUT2D eigenvalue weighted by atomic mass is 9.96. The first-order chi connectivity index (χ1) is 7.77. The predicted molar refractivity (Wildman–Crippen MR) is 72.5 cm³/mol. The third-order valence-corrected chi connectivity index (χ3v) is 3.42. The Balaban J connectivity index is 0.00000108. The van der Waals surface area contributed by atoms with E-state index in [0.717, 1.165) is 16.3 Å². The van der Waals surface area contributed by atoms with Crippen molar-refractivity contribution in [3.8, 4) is 5.75 Å². The zero-order valence-electron chi connectivity index (χ0n) is 9.47. The van der Waals surface area contributed by atoms with Crippen molar-refractivity contribution in [1.82, 2.24) is 0 Å². The first kappa shape index (κ1) is 12.2. The van der Waals surface area contributed by atoms with E-state index >= 15 is 0 Å². The van der Waals surface area contributed by atoms with E-state index in [1.807, 2.05) is 30.3 Å². The highest BCUT2D eigenvalue weighted by Gasteiger charge is 2.30. The Morgan fingerprint density at radius 2 is 1.71 bits per heavy atom. The number of hydrogen-bond donors (Lipinski definition) is 2. The molecule has 1 aliphatic carbocycles. The van der Waals surface area contributed by atoms with Gasteiger partial charge in [0, 0.05) is 11.4 Å². The molecule has 0 radical (unpaired) electrons. The smallest absolute Gasteiger partial charge is 0.123 e. The van der Waals surface area contributed by atoms with E-state index in [9.17, 15) is 5.11 Å². The number of benzene rings is 2. The number of aromatic hydroxyl groups is 1. The zero-order chi connectivity index (χ0) is 11.1. The SMILES string of the molecule is Cl.N[C@H](c1ccc(O)c2ccccc12)C1CC1. The Bertz CT molecular complexity index is 537. The minimum absolute atomic E-state index is 0. The quantitative estimate of drug-likeness (QED) is 0.857. The molecule has 1 fully saturated rings. The van der Waals surface area contributed by atoms with Crippen molar-refractivity contribution in [2.45, 2.75) is 18.9 Å². The van der Waals surface area contributed by atoms with Crippen LogP contribution in [0, 0.1) is 5.92 Å². The van der Waals surface area contributed by atoms with Crippen molar-refractivity contribution < 1.29 is 5.11 Å². The normalized spacial score (nSPS) is 16.5. The van der Waals surface area contributed by atoms with Crippen molar-refractivity contribution >= 4 is 23.2 Å². The Morgan fingerprint density at radius 3 is 2.35 bits per heavy atom. The molecule has 3 heteroatoms. The summed E-state index contributed by atoms with van der Waals surface area (Å²) in [6.07, 6.45) is 2.47. The van der Waals surface area contributed by atoms with Gasteiger partial charge in [-0.2, -0.15) is 0 Å². The first-order valence-corrected chi connectivity index (χ1v) is 5.73. The molecule has 0 amide bonds. The molecule has 1 saturated carbocycles. The number of phenolic OH excluding ortho intramolecular Hbond substituents is 1. The minimum Gasteiger partial charge on any atom is -0.507 e. The van der Waals surface area contributed by atoms with Crippen molar-refractivity contribution in [2.75, 3.05) is 0 Å². The summed E-state index contributed by atoms with van der Waals surface area (Å²) in [4.78, 5) is 0. The largest absolute Gasteiger partial charge is 0.507 e. The van der Waals surface area contributed by atoms with Crippen LogP contribution in [0.2, 0.25) is 0 Å². The molecule has 3 N–H and O–H groups in total.